The summed E-state index contributed by atoms with van der Waals surface area (Å²) in [5.74, 6) is 0.453. The van der Waals surface area contributed by atoms with Gasteiger partial charge in [-0.2, -0.15) is 0 Å². The Kier molecular flexibility index (Phi) is 8.29. The molecule has 0 heterocycles. The van der Waals surface area contributed by atoms with Crippen LogP contribution in [0.25, 0.3) is 0 Å². The summed E-state index contributed by atoms with van der Waals surface area (Å²) in [5.41, 5.74) is 2.42. The van der Waals surface area contributed by atoms with E-state index >= 15 is 0 Å². The van der Waals surface area contributed by atoms with Crippen LogP contribution in [0.15, 0.2) is 73.3 Å². The number of hydrogen-bond donors (Lipinski definition) is 0. The molecule has 0 N–H and O–H groups in total. The maximum Gasteiger partial charge on any atom is 0.0720 e. The molecule has 0 aliphatic rings. The molecule has 0 radical (unpaired) electrons. The van der Waals surface area contributed by atoms with Crippen molar-refractivity contribution in [1.82, 2.24) is 0 Å². The van der Waals surface area contributed by atoms with Crippen molar-refractivity contribution in [1.29, 1.82) is 0 Å². The third kappa shape index (κ3) is 7.12. The molecule has 0 aliphatic carbocycles. The molecule has 2 aromatic rings. The van der Waals surface area contributed by atoms with Gasteiger partial charge in [-0.25, -0.2) is 0 Å². The molecular weight excluding hydrogens is 296 g/mol. The second kappa shape index (κ2) is 10.8. The molecular formula is C22H28O2. The maximum atomic E-state index is 6.08. The first kappa shape index (κ1) is 18.4. The van der Waals surface area contributed by atoms with E-state index in [-0.39, 0.29) is 6.10 Å². The zero-order valence-electron chi connectivity index (χ0n) is 14.6. The fourth-order valence-corrected chi connectivity index (χ4v) is 2.68. The van der Waals surface area contributed by atoms with Crippen LogP contribution < -0.4 is 0 Å². The van der Waals surface area contributed by atoms with Crippen LogP contribution in [0.1, 0.15) is 30.9 Å². The van der Waals surface area contributed by atoms with Gasteiger partial charge in [-0.3, -0.25) is 0 Å². The fourth-order valence-electron chi connectivity index (χ4n) is 2.68. The Morgan fingerprint density at radius 3 is 2.08 bits per heavy atom. The van der Waals surface area contributed by atoms with Gasteiger partial charge < -0.3 is 9.47 Å². The van der Waals surface area contributed by atoms with Crippen LogP contribution in [0, 0.1) is 5.92 Å². The van der Waals surface area contributed by atoms with Crippen molar-refractivity contribution in [2.45, 2.75) is 39.1 Å². The largest absolute Gasteiger partial charge is 0.376 e. The van der Waals surface area contributed by atoms with Gasteiger partial charge in [0.05, 0.1) is 19.3 Å². The molecule has 0 bridgehead atoms. The SMILES string of the molecule is C=CC[C@H](C[C@@H](C)COCc1ccccc1)OCc1ccccc1. The fraction of sp³-hybridized carbons (Fsp3) is 0.364. The van der Waals surface area contributed by atoms with Crippen molar-refractivity contribution in [2.75, 3.05) is 6.61 Å². The van der Waals surface area contributed by atoms with Gasteiger partial charge in [-0.1, -0.05) is 73.7 Å². The molecule has 0 amide bonds. The van der Waals surface area contributed by atoms with Gasteiger partial charge >= 0.3 is 0 Å². The molecule has 0 saturated carbocycles. The molecule has 0 aliphatic heterocycles. The van der Waals surface area contributed by atoms with Crippen LogP contribution in [0.2, 0.25) is 0 Å². The number of benzene rings is 2. The molecule has 128 valence electrons. The second-order valence-electron chi connectivity index (χ2n) is 6.28. The van der Waals surface area contributed by atoms with Gasteiger partial charge in [0.1, 0.15) is 0 Å². The lowest BCUT2D eigenvalue weighted by molar-refractivity contribution is 0.0111. The van der Waals surface area contributed by atoms with Gasteiger partial charge in [0.25, 0.3) is 0 Å². The normalized spacial score (nSPS) is 13.4. The van der Waals surface area contributed by atoms with E-state index in [9.17, 15) is 0 Å². The highest BCUT2D eigenvalue weighted by Gasteiger charge is 2.13. The first-order valence-electron chi connectivity index (χ1n) is 8.66. The van der Waals surface area contributed by atoms with E-state index in [2.05, 4.69) is 37.8 Å². The van der Waals surface area contributed by atoms with Gasteiger partial charge in [-0.05, 0) is 29.9 Å². The Hall–Kier alpha value is -1.90. The topological polar surface area (TPSA) is 18.5 Å². The van der Waals surface area contributed by atoms with Gasteiger partial charge in [0, 0.05) is 6.61 Å². The Morgan fingerprint density at radius 2 is 1.50 bits per heavy atom. The molecule has 2 aromatic carbocycles. The van der Waals surface area contributed by atoms with Crippen molar-refractivity contribution in [2.24, 2.45) is 5.92 Å². The van der Waals surface area contributed by atoms with E-state index in [4.69, 9.17) is 9.47 Å². The summed E-state index contributed by atoms with van der Waals surface area (Å²) in [7, 11) is 0. The Morgan fingerprint density at radius 1 is 0.917 bits per heavy atom. The van der Waals surface area contributed by atoms with Crippen LogP contribution in [0.5, 0.6) is 0 Å². The highest BCUT2D eigenvalue weighted by Crippen LogP contribution is 2.16. The average Bonchev–Trinajstić information content (AvgIpc) is 2.62. The van der Waals surface area contributed by atoms with Gasteiger partial charge in [-0.15, -0.1) is 6.58 Å². The second-order valence-corrected chi connectivity index (χ2v) is 6.28. The van der Waals surface area contributed by atoms with Crippen molar-refractivity contribution in [3.05, 3.63) is 84.4 Å². The van der Waals surface area contributed by atoms with Crippen LogP contribution >= 0.6 is 0 Å². The lowest BCUT2D eigenvalue weighted by atomic mass is 10.0. The summed E-state index contributed by atoms with van der Waals surface area (Å²) >= 11 is 0. The van der Waals surface area contributed by atoms with Crippen LogP contribution in [-0.4, -0.2) is 12.7 Å². The summed E-state index contributed by atoms with van der Waals surface area (Å²) in [6.45, 7) is 8.13. The van der Waals surface area contributed by atoms with Crippen molar-refractivity contribution in [3.63, 3.8) is 0 Å². The minimum atomic E-state index is 0.193. The van der Waals surface area contributed by atoms with Crippen LogP contribution in [0.4, 0.5) is 0 Å². The van der Waals surface area contributed by atoms with E-state index in [1.807, 2.05) is 42.5 Å². The monoisotopic (exact) mass is 324 g/mol. The van der Waals surface area contributed by atoms with E-state index < -0.39 is 0 Å². The minimum absolute atomic E-state index is 0.193. The van der Waals surface area contributed by atoms with E-state index in [1.165, 1.54) is 11.1 Å². The first-order valence-corrected chi connectivity index (χ1v) is 8.66. The number of ether oxygens (including phenoxy) is 2. The molecule has 2 atom stereocenters. The lowest BCUT2D eigenvalue weighted by Crippen LogP contribution is -2.18. The Labute approximate surface area is 146 Å². The zero-order chi connectivity index (χ0) is 17.0. The Balaban J connectivity index is 1.71. The quantitative estimate of drug-likeness (QED) is 0.516. The summed E-state index contributed by atoms with van der Waals surface area (Å²) < 4.78 is 11.9. The third-order valence-electron chi connectivity index (χ3n) is 3.94. The minimum Gasteiger partial charge on any atom is -0.376 e. The number of rotatable bonds is 11. The molecule has 2 rings (SSSR count). The van der Waals surface area contributed by atoms with Gasteiger partial charge in [0.2, 0.25) is 0 Å². The summed E-state index contributed by atoms with van der Waals surface area (Å²) in [4.78, 5) is 0. The predicted molar refractivity (Wildman–Crippen MR) is 99.7 cm³/mol. The highest BCUT2D eigenvalue weighted by molar-refractivity contribution is 5.14. The average molecular weight is 324 g/mol. The number of hydrogen-bond acceptors (Lipinski definition) is 2. The molecule has 0 spiro atoms. The van der Waals surface area contributed by atoms with E-state index in [1.54, 1.807) is 0 Å². The lowest BCUT2D eigenvalue weighted by Gasteiger charge is -2.21. The third-order valence-corrected chi connectivity index (χ3v) is 3.94. The summed E-state index contributed by atoms with van der Waals surface area (Å²) in [6.07, 6.45) is 3.98. The molecule has 2 heteroatoms. The van der Waals surface area contributed by atoms with Crippen LogP contribution in [0.3, 0.4) is 0 Å². The molecule has 0 aromatic heterocycles. The zero-order valence-corrected chi connectivity index (χ0v) is 14.6. The summed E-state index contributed by atoms with van der Waals surface area (Å²) in [6, 6.07) is 20.6. The molecule has 0 unspecified atom stereocenters. The maximum absolute atomic E-state index is 6.08. The van der Waals surface area contributed by atoms with Gasteiger partial charge in [0.15, 0.2) is 0 Å². The van der Waals surface area contributed by atoms with Crippen molar-refractivity contribution in [3.8, 4) is 0 Å². The van der Waals surface area contributed by atoms with Crippen molar-refractivity contribution >= 4 is 0 Å². The van der Waals surface area contributed by atoms with E-state index in [0.29, 0.717) is 19.1 Å². The van der Waals surface area contributed by atoms with Crippen molar-refractivity contribution < 1.29 is 9.47 Å². The molecule has 2 nitrogen and oxygen atoms in total. The molecule has 0 fully saturated rings. The molecule has 0 saturated heterocycles. The Bertz CT molecular complexity index is 565. The first-order chi connectivity index (χ1) is 11.8. The van der Waals surface area contributed by atoms with Crippen LogP contribution in [-0.2, 0) is 22.7 Å². The standard InChI is InChI=1S/C22H28O2/c1-3-10-22(24-18-21-13-8-5-9-14-21)15-19(2)16-23-17-20-11-6-4-7-12-20/h3-9,11-14,19,22H,1,10,15-18H2,2H3/t19-,22-/m1/s1. The molecule has 24 heavy (non-hydrogen) atoms. The highest BCUT2D eigenvalue weighted by atomic mass is 16.5. The smallest absolute Gasteiger partial charge is 0.0720 e. The van der Waals surface area contributed by atoms with E-state index in [0.717, 1.165) is 19.4 Å². The summed E-state index contributed by atoms with van der Waals surface area (Å²) in [5, 5.41) is 0. The predicted octanol–water partition coefficient (Wildman–Crippen LogP) is 5.39.